The second kappa shape index (κ2) is 7.94. The quantitative estimate of drug-likeness (QED) is 0.455. The van der Waals surface area contributed by atoms with Gasteiger partial charge in [-0.25, -0.2) is 0 Å². The molecule has 1 aliphatic heterocycles. The average Bonchev–Trinajstić information content (AvgIpc) is 2.57. The smallest absolute Gasteiger partial charge is 0.273 e. The fraction of sp³-hybridized carbons (Fsp3) is 0.500. The van der Waals surface area contributed by atoms with Crippen molar-refractivity contribution in [1.82, 2.24) is 10.2 Å². The van der Waals surface area contributed by atoms with Gasteiger partial charge in [0.25, 0.3) is 5.69 Å². The lowest BCUT2D eigenvalue weighted by molar-refractivity contribution is -0.385. The van der Waals surface area contributed by atoms with Crippen molar-refractivity contribution >= 4 is 5.69 Å². The first kappa shape index (κ1) is 17.2. The van der Waals surface area contributed by atoms with Crippen LogP contribution in [0.5, 0.6) is 11.5 Å². The number of piperazine rings is 1. The Bertz CT molecular complexity index is 571. The van der Waals surface area contributed by atoms with Gasteiger partial charge in [-0.3, -0.25) is 15.0 Å². The van der Waals surface area contributed by atoms with E-state index in [4.69, 9.17) is 4.74 Å². The van der Waals surface area contributed by atoms with Gasteiger partial charge in [-0.2, -0.15) is 0 Å². The van der Waals surface area contributed by atoms with E-state index in [2.05, 4.69) is 16.8 Å². The number of non-ortho nitro benzene ring substituents is 1. The Morgan fingerprint density at radius 2 is 2.22 bits per heavy atom. The Balaban J connectivity index is 2.44. The first-order valence-corrected chi connectivity index (χ1v) is 7.69. The van der Waals surface area contributed by atoms with E-state index in [-0.39, 0.29) is 23.2 Å². The summed E-state index contributed by atoms with van der Waals surface area (Å²) >= 11 is 0. The molecule has 23 heavy (non-hydrogen) atoms. The van der Waals surface area contributed by atoms with Crippen molar-refractivity contribution in [3.05, 3.63) is 40.5 Å². The zero-order valence-corrected chi connectivity index (χ0v) is 13.3. The molecule has 1 aromatic carbocycles. The minimum Gasteiger partial charge on any atom is -0.504 e. The Morgan fingerprint density at radius 1 is 1.52 bits per heavy atom. The van der Waals surface area contributed by atoms with E-state index in [9.17, 15) is 15.2 Å². The highest BCUT2D eigenvalue weighted by atomic mass is 16.6. The molecule has 0 spiro atoms. The number of phenolic OH excluding ortho intramolecular Hbond substituents is 1. The van der Waals surface area contributed by atoms with Crippen molar-refractivity contribution in [3.63, 3.8) is 0 Å². The van der Waals surface area contributed by atoms with E-state index in [1.54, 1.807) is 0 Å². The van der Waals surface area contributed by atoms with Crippen LogP contribution in [-0.2, 0) is 0 Å². The summed E-state index contributed by atoms with van der Waals surface area (Å²) in [6, 6.07) is 2.60. The summed E-state index contributed by atoms with van der Waals surface area (Å²) < 4.78 is 5.11. The molecule has 2 N–H and O–H groups in total. The molecule has 0 amide bonds. The van der Waals surface area contributed by atoms with Gasteiger partial charge in [0.2, 0.25) is 0 Å². The zero-order chi connectivity index (χ0) is 16.8. The number of hydrogen-bond donors (Lipinski definition) is 2. The first-order valence-electron chi connectivity index (χ1n) is 7.69. The molecule has 1 atom stereocenters. The van der Waals surface area contributed by atoms with Gasteiger partial charge in [0, 0.05) is 43.9 Å². The SMILES string of the molecule is C=CCC[C@H](c1cc([N+](=O)[O-])cc(OC)c1O)N1CCNCC1. The molecule has 1 fully saturated rings. The number of nitro benzene ring substituents is 1. The maximum Gasteiger partial charge on any atom is 0.273 e. The fourth-order valence-corrected chi connectivity index (χ4v) is 2.93. The van der Waals surface area contributed by atoms with Gasteiger partial charge in [-0.05, 0) is 12.8 Å². The molecule has 1 aliphatic rings. The van der Waals surface area contributed by atoms with E-state index < -0.39 is 4.92 Å². The third kappa shape index (κ3) is 4.00. The number of aromatic hydroxyl groups is 1. The molecule has 0 aromatic heterocycles. The number of nitro groups is 1. The van der Waals surface area contributed by atoms with E-state index in [0.717, 1.165) is 39.0 Å². The van der Waals surface area contributed by atoms with Crippen LogP contribution in [0.4, 0.5) is 5.69 Å². The van der Waals surface area contributed by atoms with E-state index in [0.29, 0.717) is 5.56 Å². The fourth-order valence-electron chi connectivity index (χ4n) is 2.93. The summed E-state index contributed by atoms with van der Waals surface area (Å²) in [6.45, 7) is 7.12. The molecule has 126 valence electrons. The number of nitrogens with one attached hydrogen (secondary N) is 1. The Morgan fingerprint density at radius 3 is 2.78 bits per heavy atom. The third-order valence-electron chi connectivity index (χ3n) is 4.12. The highest BCUT2D eigenvalue weighted by Crippen LogP contribution is 2.41. The number of allylic oxidation sites excluding steroid dienone is 1. The van der Waals surface area contributed by atoms with Crippen molar-refractivity contribution < 1.29 is 14.8 Å². The van der Waals surface area contributed by atoms with Crippen molar-refractivity contribution in [1.29, 1.82) is 0 Å². The Kier molecular flexibility index (Phi) is 5.95. The lowest BCUT2D eigenvalue weighted by Gasteiger charge is -2.35. The molecular weight excluding hydrogens is 298 g/mol. The number of nitrogens with zero attached hydrogens (tertiary/aromatic N) is 2. The average molecular weight is 321 g/mol. The summed E-state index contributed by atoms with van der Waals surface area (Å²) in [5.74, 6) is 0.110. The topological polar surface area (TPSA) is 87.9 Å². The Labute approximate surface area is 135 Å². The van der Waals surface area contributed by atoms with Gasteiger partial charge < -0.3 is 15.2 Å². The molecule has 7 heteroatoms. The van der Waals surface area contributed by atoms with Gasteiger partial charge in [0.15, 0.2) is 11.5 Å². The second-order valence-corrected chi connectivity index (χ2v) is 5.51. The maximum atomic E-state index is 11.2. The van der Waals surface area contributed by atoms with E-state index >= 15 is 0 Å². The van der Waals surface area contributed by atoms with Gasteiger partial charge in [0.05, 0.1) is 18.1 Å². The molecule has 0 saturated carbocycles. The van der Waals surface area contributed by atoms with Crippen molar-refractivity contribution in [2.75, 3.05) is 33.3 Å². The number of hydrogen-bond acceptors (Lipinski definition) is 6. The van der Waals surface area contributed by atoms with Crippen molar-refractivity contribution in [3.8, 4) is 11.5 Å². The van der Waals surface area contributed by atoms with E-state index in [1.807, 2.05) is 6.08 Å². The Hall–Kier alpha value is -2.12. The number of methoxy groups -OCH3 is 1. The predicted molar refractivity (Wildman–Crippen MR) is 87.9 cm³/mol. The summed E-state index contributed by atoms with van der Waals surface area (Å²) in [5, 5.41) is 24.9. The highest BCUT2D eigenvalue weighted by molar-refractivity contribution is 5.54. The lowest BCUT2D eigenvalue weighted by atomic mass is 9.97. The minimum absolute atomic E-state index is 0.0225. The third-order valence-corrected chi connectivity index (χ3v) is 4.12. The lowest BCUT2D eigenvalue weighted by Crippen LogP contribution is -2.45. The largest absolute Gasteiger partial charge is 0.504 e. The van der Waals surface area contributed by atoms with Crippen LogP contribution >= 0.6 is 0 Å². The van der Waals surface area contributed by atoms with Crippen LogP contribution in [-0.4, -0.2) is 48.2 Å². The minimum atomic E-state index is -0.465. The van der Waals surface area contributed by atoms with Crippen LogP contribution in [0.2, 0.25) is 0 Å². The number of phenols is 1. The first-order chi connectivity index (χ1) is 11.1. The second-order valence-electron chi connectivity index (χ2n) is 5.51. The summed E-state index contributed by atoms with van der Waals surface area (Å²) in [4.78, 5) is 12.9. The van der Waals surface area contributed by atoms with Crippen LogP contribution in [0.1, 0.15) is 24.4 Å². The van der Waals surface area contributed by atoms with Gasteiger partial charge >= 0.3 is 0 Å². The van der Waals surface area contributed by atoms with Crippen LogP contribution in [0.3, 0.4) is 0 Å². The monoisotopic (exact) mass is 321 g/mol. The van der Waals surface area contributed by atoms with Crippen LogP contribution in [0, 0.1) is 10.1 Å². The van der Waals surface area contributed by atoms with Crippen LogP contribution in [0.25, 0.3) is 0 Å². The standard InChI is InChI=1S/C16H23N3O4/c1-3-4-5-14(18-8-6-17-7-9-18)13-10-12(19(21)22)11-15(23-2)16(13)20/h3,10-11,14,17,20H,1,4-9H2,2H3/t14-/m1/s1. The predicted octanol–water partition coefficient (Wildman–Crippen LogP) is 2.22. The molecule has 7 nitrogen and oxygen atoms in total. The molecule has 2 rings (SSSR count). The number of ether oxygens (including phenoxy) is 1. The number of rotatable bonds is 7. The van der Waals surface area contributed by atoms with E-state index in [1.165, 1.54) is 19.2 Å². The highest BCUT2D eigenvalue weighted by Gasteiger charge is 2.28. The molecule has 1 aromatic rings. The van der Waals surface area contributed by atoms with Gasteiger partial charge in [0.1, 0.15) is 0 Å². The summed E-state index contributed by atoms with van der Waals surface area (Å²) in [5.41, 5.74) is 0.466. The molecule has 0 aliphatic carbocycles. The number of benzene rings is 1. The van der Waals surface area contributed by atoms with Gasteiger partial charge in [-0.1, -0.05) is 6.08 Å². The van der Waals surface area contributed by atoms with Crippen molar-refractivity contribution in [2.45, 2.75) is 18.9 Å². The molecule has 0 radical (unpaired) electrons. The normalized spacial score (nSPS) is 16.7. The summed E-state index contributed by atoms with van der Waals surface area (Å²) in [7, 11) is 1.39. The van der Waals surface area contributed by atoms with Crippen LogP contribution in [0.15, 0.2) is 24.8 Å². The molecule has 1 heterocycles. The molecule has 0 bridgehead atoms. The van der Waals surface area contributed by atoms with Crippen LogP contribution < -0.4 is 10.1 Å². The van der Waals surface area contributed by atoms with Crippen molar-refractivity contribution in [2.24, 2.45) is 0 Å². The summed E-state index contributed by atoms with van der Waals surface area (Å²) in [6.07, 6.45) is 3.32. The molecular formula is C16H23N3O4. The molecule has 0 unspecified atom stereocenters. The maximum absolute atomic E-state index is 11.2. The zero-order valence-electron chi connectivity index (χ0n) is 13.3. The molecule has 1 saturated heterocycles. The van der Waals surface area contributed by atoms with Gasteiger partial charge in [-0.15, -0.1) is 6.58 Å².